The molecule has 2 atom stereocenters. The average molecular weight is 282 g/mol. The van der Waals surface area contributed by atoms with Crippen molar-refractivity contribution in [2.24, 2.45) is 11.8 Å². The molecule has 0 saturated carbocycles. The lowest BCUT2D eigenvalue weighted by molar-refractivity contribution is 0.119. The summed E-state index contributed by atoms with van der Waals surface area (Å²) < 4.78 is 6.30. The van der Waals surface area contributed by atoms with Crippen LogP contribution in [0.5, 0.6) is 5.75 Å². The summed E-state index contributed by atoms with van der Waals surface area (Å²) in [6.45, 7) is 8.71. The van der Waals surface area contributed by atoms with Gasteiger partial charge in [-0.1, -0.05) is 31.5 Å². The van der Waals surface area contributed by atoms with Crippen molar-refractivity contribution in [3.63, 3.8) is 0 Å². The van der Waals surface area contributed by atoms with E-state index < -0.39 is 0 Å². The Labute approximate surface area is 121 Å². The van der Waals surface area contributed by atoms with Gasteiger partial charge in [0.1, 0.15) is 11.9 Å². The average Bonchev–Trinajstić information content (AvgIpc) is 2.87. The van der Waals surface area contributed by atoms with E-state index in [-0.39, 0.29) is 6.10 Å². The number of hydrogen-bond donors (Lipinski definition) is 1. The Morgan fingerprint density at radius 3 is 2.84 bits per heavy atom. The summed E-state index contributed by atoms with van der Waals surface area (Å²) in [6, 6.07) is 5.90. The van der Waals surface area contributed by atoms with E-state index in [1.54, 1.807) is 0 Å². The van der Waals surface area contributed by atoms with Crippen LogP contribution in [0.25, 0.3) is 0 Å². The molecule has 19 heavy (non-hydrogen) atoms. The van der Waals surface area contributed by atoms with E-state index in [2.05, 4.69) is 19.2 Å². The Hall–Kier alpha value is -0.730. The molecule has 1 saturated heterocycles. The largest absolute Gasteiger partial charge is 0.490 e. The number of halogens is 1. The zero-order chi connectivity index (χ0) is 13.8. The number of benzene rings is 1. The molecule has 106 valence electrons. The van der Waals surface area contributed by atoms with Crippen molar-refractivity contribution in [1.82, 2.24) is 5.32 Å². The summed E-state index contributed by atoms with van der Waals surface area (Å²) in [4.78, 5) is 0. The van der Waals surface area contributed by atoms with Crippen molar-refractivity contribution in [3.05, 3.63) is 28.8 Å². The number of nitrogens with one attached hydrogen (secondary N) is 1. The Balaban J connectivity index is 2.12. The normalized spacial score (nSPS) is 20.8. The molecule has 0 unspecified atom stereocenters. The summed E-state index contributed by atoms with van der Waals surface area (Å²) in [7, 11) is 0. The zero-order valence-electron chi connectivity index (χ0n) is 12.1. The molecule has 1 heterocycles. The molecule has 1 fully saturated rings. The molecule has 2 nitrogen and oxygen atoms in total. The molecular formula is C16H24ClNO. The van der Waals surface area contributed by atoms with Gasteiger partial charge in [-0.3, -0.25) is 0 Å². The highest BCUT2D eigenvalue weighted by molar-refractivity contribution is 6.31. The maximum atomic E-state index is 6.30. The van der Waals surface area contributed by atoms with Crippen LogP contribution in [0, 0.1) is 18.8 Å². The van der Waals surface area contributed by atoms with Crippen molar-refractivity contribution in [2.75, 3.05) is 13.1 Å². The van der Waals surface area contributed by atoms with E-state index in [1.807, 2.05) is 25.1 Å². The van der Waals surface area contributed by atoms with Crippen LogP contribution >= 0.6 is 11.6 Å². The van der Waals surface area contributed by atoms with E-state index in [1.165, 1.54) is 6.42 Å². The quantitative estimate of drug-likeness (QED) is 0.879. The summed E-state index contributed by atoms with van der Waals surface area (Å²) >= 11 is 6.17. The van der Waals surface area contributed by atoms with E-state index in [0.29, 0.717) is 11.8 Å². The fourth-order valence-electron chi connectivity index (χ4n) is 2.67. The van der Waals surface area contributed by atoms with E-state index >= 15 is 0 Å². The molecule has 1 aliphatic rings. The lowest BCUT2D eigenvalue weighted by Gasteiger charge is -2.27. The van der Waals surface area contributed by atoms with Gasteiger partial charge in [0.15, 0.2) is 0 Å². The van der Waals surface area contributed by atoms with Gasteiger partial charge < -0.3 is 10.1 Å². The molecule has 1 aromatic rings. The van der Waals surface area contributed by atoms with Crippen molar-refractivity contribution < 1.29 is 4.74 Å². The maximum absolute atomic E-state index is 6.30. The van der Waals surface area contributed by atoms with Gasteiger partial charge >= 0.3 is 0 Å². The predicted octanol–water partition coefficient (Wildman–Crippen LogP) is 4.05. The Bertz CT molecular complexity index is 413. The third kappa shape index (κ3) is 3.87. The smallest absolute Gasteiger partial charge is 0.124 e. The van der Waals surface area contributed by atoms with Crippen molar-refractivity contribution in [2.45, 2.75) is 39.7 Å². The second-order valence-electron chi connectivity index (χ2n) is 5.90. The second kappa shape index (κ2) is 6.62. The lowest BCUT2D eigenvalue weighted by atomic mass is 9.93. The monoisotopic (exact) mass is 281 g/mol. The van der Waals surface area contributed by atoms with Gasteiger partial charge in [-0.25, -0.2) is 0 Å². The Kier molecular flexibility index (Phi) is 5.12. The first-order chi connectivity index (χ1) is 9.08. The van der Waals surface area contributed by atoms with Gasteiger partial charge in [-0.15, -0.1) is 0 Å². The SMILES string of the molecule is Cc1c(Cl)cccc1O[C@@H](CC(C)C)[C@@H]1CCNC1. The van der Waals surface area contributed by atoms with Gasteiger partial charge in [0.05, 0.1) is 0 Å². The van der Waals surface area contributed by atoms with Crippen LogP contribution in [0.1, 0.15) is 32.3 Å². The van der Waals surface area contributed by atoms with Gasteiger partial charge in [0.2, 0.25) is 0 Å². The van der Waals surface area contributed by atoms with Gasteiger partial charge in [-0.2, -0.15) is 0 Å². The molecule has 0 bridgehead atoms. The molecule has 0 aromatic heterocycles. The standard InChI is InChI=1S/C16H24ClNO/c1-11(2)9-16(13-7-8-18-10-13)19-15-6-4-5-14(17)12(15)3/h4-6,11,13,16,18H,7-10H2,1-3H3/t13-,16+/m1/s1. The molecule has 0 amide bonds. The predicted molar refractivity (Wildman–Crippen MR) is 81.0 cm³/mol. The number of rotatable bonds is 5. The topological polar surface area (TPSA) is 21.3 Å². The van der Waals surface area contributed by atoms with Crippen molar-refractivity contribution in [3.8, 4) is 5.75 Å². The first-order valence-electron chi connectivity index (χ1n) is 7.20. The highest BCUT2D eigenvalue weighted by Gasteiger charge is 2.27. The Morgan fingerprint density at radius 1 is 1.42 bits per heavy atom. The minimum absolute atomic E-state index is 0.284. The zero-order valence-corrected chi connectivity index (χ0v) is 12.8. The Morgan fingerprint density at radius 2 is 2.21 bits per heavy atom. The first-order valence-corrected chi connectivity index (χ1v) is 7.58. The van der Waals surface area contributed by atoms with Gasteiger partial charge in [0, 0.05) is 23.0 Å². The fourth-order valence-corrected chi connectivity index (χ4v) is 2.84. The molecule has 2 rings (SSSR count). The van der Waals surface area contributed by atoms with Crippen LogP contribution in [0.3, 0.4) is 0 Å². The summed E-state index contributed by atoms with van der Waals surface area (Å²) in [6.07, 6.45) is 2.59. The van der Waals surface area contributed by atoms with Gasteiger partial charge in [-0.05, 0) is 44.4 Å². The molecule has 3 heteroatoms. The summed E-state index contributed by atoms with van der Waals surface area (Å²) in [5.74, 6) is 2.19. The maximum Gasteiger partial charge on any atom is 0.124 e. The van der Waals surface area contributed by atoms with E-state index in [4.69, 9.17) is 16.3 Å². The fraction of sp³-hybridized carbons (Fsp3) is 0.625. The molecule has 0 radical (unpaired) electrons. The molecular weight excluding hydrogens is 258 g/mol. The highest BCUT2D eigenvalue weighted by atomic mass is 35.5. The van der Waals surface area contributed by atoms with Gasteiger partial charge in [0.25, 0.3) is 0 Å². The molecule has 1 aromatic carbocycles. The third-order valence-electron chi connectivity index (χ3n) is 3.82. The third-order valence-corrected chi connectivity index (χ3v) is 4.23. The number of hydrogen-bond acceptors (Lipinski definition) is 2. The van der Waals surface area contributed by atoms with Crippen molar-refractivity contribution in [1.29, 1.82) is 0 Å². The van der Waals surface area contributed by atoms with Crippen LogP contribution in [-0.4, -0.2) is 19.2 Å². The van der Waals surface area contributed by atoms with Crippen LogP contribution in [-0.2, 0) is 0 Å². The van der Waals surface area contributed by atoms with E-state index in [9.17, 15) is 0 Å². The highest BCUT2D eigenvalue weighted by Crippen LogP contribution is 2.30. The minimum atomic E-state index is 0.284. The van der Waals surface area contributed by atoms with Crippen LogP contribution < -0.4 is 10.1 Å². The number of ether oxygens (including phenoxy) is 1. The molecule has 1 aliphatic heterocycles. The van der Waals surface area contributed by atoms with Crippen LogP contribution in [0.2, 0.25) is 5.02 Å². The summed E-state index contributed by atoms with van der Waals surface area (Å²) in [5.41, 5.74) is 1.05. The summed E-state index contributed by atoms with van der Waals surface area (Å²) in [5, 5.41) is 4.21. The van der Waals surface area contributed by atoms with Crippen LogP contribution in [0.15, 0.2) is 18.2 Å². The molecule has 0 aliphatic carbocycles. The van der Waals surface area contributed by atoms with E-state index in [0.717, 1.165) is 35.8 Å². The second-order valence-corrected chi connectivity index (χ2v) is 6.31. The minimum Gasteiger partial charge on any atom is -0.490 e. The first kappa shape index (κ1) is 14.7. The lowest BCUT2D eigenvalue weighted by Crippen LogP contribution is -2.30. The molecule has 0 spiro atoms. The van der Waals surface area contributed by atoms with Crippen LogP contribution in [0.4, 0.5) is 0 Å². The molecule has 1 N–H and O–H groups in total. The van der Waals surface area contributed by atoms with Crippen molar-refractivity contribution >= 4 is 11.6 Å².